The van der Waals surface area contributed by atoms with E-state index < -0.39 is 6.10 Å². The topological polar surface area (TPSA) is 50.7 Å². The first-order valence-corrected chi connectivity index (χ1v) is 9.93. The minimum Gasteiger partial charge on any atom is -0.493 e. The summed E-state index contributed by atoms with van der Waals surface area (Å²) in [6.07, 6.45) is -0.575. The zero-order chi connectivity index (χ0) is 20.6. The largest absolute Gasteiger partial charge is 0.493 e. The number of halogens is 1. The molecule has 0 aliphatic heterocycles. The number of ether oxygens (including phenoxy) is 2. The minimum absolute atomic E-state index is 0.425. The second-order valence-corrected chi connectivity index (χ2v) is 7.33. The van der Waals surface area contributed by atoms with Gasteiger partial charge in [-0.05, 0) is 29.7 Å². The Morgan fingerprint density at radius 3 is 2.41 bits per heavy atom. The van der Waals surface area contributed by atoms with E-state index in [4.69, 9.17) is 21.1 Å². The van der Waals surface area contributed by atoms with Crippen molar-refractivity contribution < 1.29 is 14.6 Å². The lowest BCUT2D eigenvalue weighted by Crippen LogP contribution is -2.21. The van der Waals surface area contributed by atoms with E-state index in [1.807, 2.05) is 48.5 Å². The molecule has 2 N–H and O–H groups in total. The molecule has 0 heterocycles. The van der Waals surface area contributed by atoms with Crippen LogP contribution in [0, 0.1) is 6.92 Å². The highest BCUT2D eigenvalue weighted by atomic mass is 35.5. The fourth-order valence-corrected chi connectivity index (χ4v) is 3.19. The molecule has 1 unspecified atom stereocenters. The normalized spacial score (nSPS) is 11.9. The van der Waals surface area contributed by atoms with Gasteiger partial charge in [-0.1, -0.05) is 71.8 Å². The molecule has 0 saturated carbocycles. The van der Waals surface area contributed by atoms with Gasteiger partial charge in [-0.2, -0.15) is 0 Å². The standard InChI is InChI=1S/C24H26ClNO3/c1-17-8-10-18(11-9-17)16-29-24-13-21(25)20(12-23(24)28-2)14-26-15-22(27)19-6-4-3-5-7-19/h3-13,22,26-27H,14-16H2,1-2H3. The van der Waals surface area contributed by atoms with Gasteiger partial charge in [0.05, 0.1) is 13.2 Å². The molecule has 29 heavy (non-hydrogen) atoms. The Labute approximate surface area is 177 Å². The van der Waals surface area contributed by atoms with E-state index in [1.54, 1.807) is 13.2 Å². The zero-order valence-electron chi connectivity index (χ0n) is 16.7. The Hall–Kier alpha value is -2.53. The summed E-state index contributed by atoms with van der Waals surface area (Å²) in [7, 11) is 1.61. The van der Waals surface area contributed by atoms with Crippen LogP contribution >= 0.6 is 11.6 Å². The smallest absolute Gasteiger partial charge is 0.163 e. The van der Waals surface area contributed by atoms with Crippen molar-refractivity contribution >= 4 is 11.6 Å². The zero-order valence-corrected chi connectivity index (χ0v) is 17.4. The number of nitrogens with one attached hydrogen (secondary N) is 1. The number of hydrogen-bond donors (Lipinski definition) is 2. The minimum atomic E-state index is -0.575. The van der Waals surface area contributed by atoms with Crippen molar-refractivity contribution in [2.75, 3.05) is 13.7 Å². The molecule has 0 aromatic heterocycles. The summed E-state index contributed by atoms with van der Waals surface area (Å²) < 4.78 is 11.4. The molecular formula is C24H26ClNO3. The van der Waals surface area contributed by atoms with Crippen molar-refractivity contribution in [3.63, 3.8) is 0 Å². The molecule has 0 bridgehead atoms. The first-order chi connectivity index (χ1) is 14.1. The summed E-state index contributed by atoms with van der Waals surface area (Å²) in [6.45, 7) is 3.43. The number of aliphatic hydroxyl groups is 1. The van der Waals surface area contributed by atoms with Gasteiger partial charge in [0.2, 0.25) is 0 Å². The second kappa shape index (κ2) is 10.3. The molecule has 1 atom stereocenters. The van der Waals surface area contributed by atoms with E-state index in [1.165, 1.54) is 5.56 Å². The van der Waals surface area contributed by atoms with Crippen LogP contribution in [0.1, 0.15) is 28.4 Å². The summed E-state index contributed by atoms with van der Waals surface area (Å²) in [6, 6.07) is 21.4. The molecule has 0 fully saturated rings. The summed E-state index contributed by atoms with van der Waals surface area (Å²) in [5.41, 5.74) is 4.05. The van der Waals surface area contributed by atoms with Crippen molar-refractivity contribution in [2.24, 2.45) is 0 Å². The molecule has 0 spiro atoms. The van der Waals surface area contributed by atoms with Gasteiger partial charge in [0, 0.05) is 24.2 Å². The van der Waals surface area contributed by atoms with E-state index in [-0.39, 0.29) is 0 Å². The fourth-order valence-electron chi connectivity index (χ4n) is 2.97. The molecule has 152 valence electrons. The Kier molecular flexibility index (Phi) is 7.53. The highest BCUT2D eigenvalue weighted by molar-refractivity contribution is 6.31. The number of hydrogen-bond acceptors (Lipinski definition) is 4. The first-order valence-electron chi connectivity index (χ1n) is 9.55. The maximum Gasteiger partial charge on any atom is 0.163 e. The maximum absolute atomic E-state index is 10.3. The van der Waals surface area contributed by atoms with Crippen molar-refractivity contribution in [1.29, 1.82) is 0 Å². The Bertz CT molecular complexity index is 913. The fraction of sp³-hybridized carbons (Fsp3) is 0.250. The van der Waals surface area contributed by atoms with E-state index in [9.17, 15) is 5.11 Å². The van der Waals surface area contributed by atoms with Crippen LogP contribution < -0.4 is 14.8 Å². The van der Waals surface area contributed by atoms with Gasteiger partial charge in [-0.15, -0.1) is 0 Å². The van der Waals surface area contributed by atoms with Crippen molar-refractivity contribution in [3.8, 4) is 11.5 Å². The lowest BCUT2D eigenvalue weighted by molar-refractivity contribution is 0.174. The summed E-state index contributed by atoms with van der Waals surface area (Å²) in [4.78, 5) is 0. The van der Waals surface area contributed by atoms with Gasteiger partial charge < -0.3 is 19.9 Å². The van der Waals surface area contributed by atoms with E-state index in [2.05, 4.69) is 24.4 Å². The van der Waals surface area contributed by atoms with Gasteiger partial charge in [0.25, 0.3) is 0 Å². The van der Waals surface area contributed by atoms with Crippen LogP contribution in [0.3, 0.4) is 0 Å². The predicted octanol–water partition coefficient (Wildman–Crippen LogP) is 5.06. The molecule has 0 saturated heterocycles. The molecule has 0 aliphatic rings. The quantitative estimate of drug-likeness (QED) is 0.516. The summed E-state index contributed by atoms with van der Waals surface area (Å²) in [5, 5.41) is 14.1. The van der Waals surface area contributed by atoms with E-state index >= 15 is 0 Å². The van der Waals surface area contributed by atoms with Gasteiger partial charge >= 0.3 is 0 Å². The van der Waals surface area contributed by atoms with Crippen LogP contribution in [-0.4, -0.2) is 18.8 Å². The van der Waals surface area contributed by atoms with Crippen LogP contribution in [-0.2, 0) is 13.2 Å². The van der Waals surface area contributed by atoms with Crippen molar-refractivity contribution in [2.45, 2.75) is 26.2 Å². The number of rotatable bonds is 9. The van der Waals surface area contributed by atoms with Crippen LogP contribution in [0.15, 0.2) is 66.7 Å². The van der Waals surface area contributed by atoms with Gasteiger partial charge in [0.15, 0.2) is 11.5 Å². The predicted molar refractivity (Wildman–Crippen MR) is 117 cm³/mol. The Morgan fingerprint density at radius 2 is 1.72 bits per heavy atom. The lowest BCUT2D eigenvalue weighted by atomic mass is 10.1. The number of methoxy groups -OCH3 is 1. The Morgan fingerprint density at radius 1 is 1.00 bits per heavy atom. The molecule has 4 nitrogen and oxygen atoms in total. The van der Waals surface area contributed by atoms with E-state index in [0.717, 1.165) is 16.7 Å². The van der Waals surface area contributed by atoms with Crippen LogP contribution in [0.4, 0.5) is 0 Å². The van der Waals surface area contributed by atoms with Crippen LogP contribution in [0.25, 0.3) is 0 Å². The molecule has 0 aliphatic carbocycles. The third-order valence-corrected chi connectivity index (χ3v) is 5.04. The summed E-state index contributed by atoms with van der Waals surface area (Å²) in [5.74, 6) is 1.23. The summed E-state index contributed by atoms with van der Waals surface area (Å²) >= 11 is 6.46. The third kappa shape index (κ3) is 5.97. The highest BCUT2D eigenvalue weighted by Crippen LogP contribution is 2.34. The Balaban J connectivity index is 1.60. The molecule has 3 aromatic carbocycles. The second-order valence-electron chi connectivity index (χ2n) is 6.93. The molecular weight excluding hydrogens is 386 g/mol. The maximum atomic E-state index is 10.3. The molecule has 3 aromatic rings. The van der Waals surface area contributed by atoms with Gasteiger partial charge in [-0.3, -0.25) is 0 Å². The van der Waals surface area contributed by atoms with Crippen LogP contribution in [0.5, 0.6) is 11.5 Å². The van der Waals surface area contributed by atoms with Crippen molar-refractivity contribution in [3.05, 3.63) is 94.0 Å². The third-order valence-electron chi connectivity index (χ3n) is 4.69. The SMILES string of the molecule is COc1cc(CNCC(O)c2ccccc2)c(Cl)cc1OCc1ccc(C)cc1. The van der Waals surface area contributed by atoms with Crippen LogP contribution in [0.2, 0.25) is 5.02 Å². The number of aliphatic hydroxyl groups excluding tert-OH is 1. The average molecular weight is 412 g/mol. The number of aryl methyl sites for hydroxylation is 1. The van der Waals surface area contributed by atoms with Gasteiger partial charge in [0.1, 0.15) is 6.61 Å². The number of benzene rings is 3. The molecule has 0 amide bonds. The van der Waals surface area contributed by atoms with Gasteiger partial charge in [-0.25, -0.2) is 0 Å². The molecule has 3 rings (SSSR count). The first kappa shape index (κ1) is 21.2. The monoisotopic (exact) mass is 411 g/mol. The average Bonchev–Trinajstić information content (AvgIpc) is 2.75. The molecule has 0 radical (unpaired) electrons. The van der Waals surface area contributed by atoms with Crippen molar-refractivity contribution in [1.82, 2.24) is 5.32 Å². The lowest BCUT2D eigenvalue weighted by Gasteiger charge is -2.16. The molecule has 5 heteroatoms. The highest BCUT2D eigenvalue weighted by Gasteiger charge is 2.12. The van der Waals surface area contributed by atoms with E-state index in [0.29, 0.717) is 36.2 Å².